The molecule has 0 radical (unpaired) electrons. The molecule has 2 rings (SSSR count). The maximum atomic E-state index is 11.3. The molecule has 0 aromatic heterocycles. The third kappa shape index (κ3) is 3.33. The van der Waals surface area contributed by atoms with Gasteiger partial charge < -0.3 is 5.73 Å². The number of aryl methyl sites for hydroxylation is 2. The predicted octanol–water partition coefficient (Wildman–Crippen LogP) is 2.68. The van der Waals surface area contributed by atoms with E-state index in [-0.39, 0.29) is 10.6 Å². The number of anilines is 1. The van der Waals surface area contributed by atoms with Gasteiger partial charge in [0.05, 0.1) is 5.69 Å². The monoisotopic (exact) mass is 308 g/mol. The molecule has 0 aliphatic carbocycles. The highest BCUT2D eigenvalue weighted by atomic mass is 32.2. The zero-order chi connectivity index (χ0) is 14.9. The van der Waals surface area contributed by atoms with Gasteiger partial charge in [0, 0.05) is 9.79 Å². The van der Waals surface area contributed by atoms with Gasteiger partial charge in [0.25, 0.3) is 0 Å². The molecule has 0 aliphatic rings. The largest absolute Gasteiger partial charge is 0.398 e. The minimum absolute atomic E-state index is 0.0391. The van der Waals surface area contributed by atoms with Crippen LogP contribution in [0.4, 0.5) is 5.69 Å². The van der Waals surface area contributed by atoms with Crippen molar-refractivity contribution in [3.05, 3.63) is 47.5 Å². The average molecular weight is 308 g/mol. The second-order valence-electron chi connectivity index (χ2n) is 4.62. The van der Waals surface area contributed by atoms with Crippen molar-refractivity contribution < 1.29 is 8.42 Å². The van der Waals surface area contributed by atoms with Crippen molar-refractivity contribution in [3.8, 4) is 0 Å². The standard InChI is InChI=1S/C14H16N2O2S2/c1-9-3-4-10(2)13(7-9)19-11-5-6-14(12(15)8-11)20(16,17)18/h3-8H,15H2,1-2H3,(H2,16,17,18). The highest BCUT2D eigenvalue weighted by Crippen LogP contribution is 2.33. The lowest BCUT2D eigenvalue weighted by Gasteiger charge is -2.09. The first-order chi connectivity index (χ1) is 9.27. The van der Waals surface area contributed by atoms with Gasteiger partial charge in [0.15, 0.2) is 0 Å². The van der Waals surface area contributed by atoms with Gasteiger partial charge in [0.1, 0.15) is 4.90 Å². The SMILES string of the molecule is Cc1ccc(C)c(Sc2ccc(S(N)(=O)=O)c(N)c2)c1. The predicted molar refractivity (Wildman–Crippen MR) is 82.3 cm³/mol. The second-order valence-corrected chi connectivity index (χ2v) is 7.26. The Bertz CT molecular complexity index is 756. The quantitative estimate of drug-likeness (QED) is 0.854. The molecule has 0 fully saturated rings. The summed E-state index contributed by atoms with van der Waals surface area (Å²) in [6, 6.07) is 11.0. The van der Waals surface area contributed by atoms with Crippen LogP contribution in [0.2, 0.25) is 0 Å². The van der Waals surface area contributed by atoms with Gasteiger partial charge in [-0.1, -0.05) is 23.9 Å². The molecule has 6 heteroatoms. The lowest BCUT2D eigenvalue weighted by molar-refractivity contribution is 0.598. The fraction of sp³-hybridized carbons (Fsp3) is 0.143. The van der Waals surface area contributed by atoms with E-state index in [4.69, 9.17) is 10.9 Å². The van der Waals surface area contributed by atoms with Crippen molar-refractivity contribution in [2.24, 2.45) is 5.14 Å². The molecular formula is C14H16N2O2S2. The molecule has 0 atom stereocenters. The summed E-state index contributed by atoms with van der Waals surface area (Å²) in [7, 11) is -3.77. The molecule has 4 N–H and O–H groups in total. The highest BCUT2D eigenvalue weighted by molar-refractivity contribution is 7.99. The summed E-state index contributed by atoms with van der Waals surface area (Å²) in [4.78, 5) is 1.96. The topological polar surface area (TPSA) is 86.2 Å². The number of nitrogen functional groups attached to an aromatic ring is 1. The molecule has 0 unspecified atom stereocenters. The van der Waals surface area contributed by atoms with E-state index in [1.807, 2.05) is 13.8 Å². The first kappa shape index (κ1) is 14.9. The Morgan fingerprint density at radius 3 is 2.35 bits per heavy atom. The first-order valence-electron chi connectivity index (χ1n) is 5.95. The second kappa shape index (κ2) is 5.47. The van der Waals surface area contributed by atoms with Crippen LogP contribution in [0.25, 0.3) is 0 Å². The van der Waals surface area contributed by atoms with E-state index in [0.717, 1.165) is 15.4 Å². The van der Waals surface area contributed by atoms with Gasteiger partial charge in [-0.05, 0) is 49.2 Å². The Kier molecular flexibility index (Phi) is 4.08. The first-order valence-corrected chi connectivity index (χ1v) is 8.31. The van der Waals surface area contributed by atoms with Crippen LogP contribution in [0, 0.1) is 13.8 Å². The van der Waals surface area contributed by atoms with Crippen molar-refractivity contribution in [3.63, 3.8) is 0 Å². The van der Waals surface area contributed by atoms with Crippen molar-refractivity contribution in [2.45, 2.75) is 28.5 Å². The van der Waals surface area contributed by atoms with Gasteiger partial charge in [-0.25, -0.2) is 13.6 Å². The van der Waals surface area contributed by atoms with E-state index in [1.165, 1.54) is 11.6 Å². The molecule has 20 heavy (non-hydrogen) atoms. The van der Waals surface area contributed by atoms with Crippen molar-refractivity contribution in [1.29, 1.82) is 0 Å². The number of nitrogens with two attached hydrogens (primary N) is 2. The molecule has 2 aromatic rings. The average Bonchev–Trinajstić information content (AvgIpc) is 2.32. The van der Waals surface area contributed by atoms with Crippen LogP contribution in [0.3, 0.4) is 0 Å². The fourth-order valence-electron chi connectivity index (χ4n) is 1.79. The summed E-state index contributed by atoms with van der Waals surface area (Å²) >= 11 is 1.55. The van der Waals surface area contributed by atoms with Gasteiger partial charge in [-0.2, -0.15) is 0 Å². The lowest BCUT2D eigenvalue weighted by Crippen LogP contribution is -2.14. The van der Waals surface area contributed by atoms with Crippen molar-refractivity contribution in [2.75, 3.05) is 5.73 Å². The zero-order valence-corrected chi connectivity index (χ0v) is 12.9. The van der Waals surface area contributed by atoms with E-state index in [9.17, 15) is 8.42 Å². The highest BCUT2D eigenvalue weighted by Gasteiger charge is 2.13. The van der Waals surface area contributed by atoms with E-state index in [1.54, 1.807) is 23.9 Å². The maximum Gasteiger partial charge on any atom is 0.240 e. The molecule has 0 spiro atoms. The van der Waals surface area contributed by atoms with Crippen LogP contribution in [0.15, 0.2) is 51.1 Å². The Labute approximate surface area is 123 Å². The van der Waals surface area contributed by atoms with Crippen LogP contribution in [-0.4, -0.2) is 8.42 Å². The third-order valence-corrected chi connectivity index (χ3v) is 4.99. The summed E-state index contributed by atoms with van der Waals surface area (Å²) in [5.74, 6) is 0. The van der Waals surface area contributed by atoms with E-state index >= 15 is 0 Å². The number of hydrogen-bond donors (Lipinski definition) is 2. The minimum Gasteiger partial charge on any atom is -0.398 e. The molecule has 0 saturated carbocycles. The lowest BCUT2D eigenvalue weighted by atomic mass is 10.2. The Balaban J connectivity index is 2.36. The molecule has 2 aromatic carbocycles. The number of hydrogen-bond acceptors (Lipinski definition) is 4. The zero-order valence-electron chi connectivity index (χ0n) is 11.3. The van der Waals surface area contributed by atoms with Crippen molar-refractivity contribution in [1.82, 2.24) is 0 Å². The van der Waals surface area contributed by atoms with Gasteiger partial charge >= 0.3 is 0 Å². The summed E-state index contributed by atoms with van der Waals surface area (Å²) in [5.41, 5.74) is 8.26. The molecule has 0 heterocycles. The molecule has 106 valence electrons. The number of sulfonamides is 1. The molecule has 0 saturated heterocycles. The van der Waals surface area contributed by atoms with E-state index < -0.39 is 10.0 Å². The molecule has 0 amide bonds. The summed E-state index contributed by atoms with van der Waals surface area (Å²) in [6.07, 6.45) is 0. The smallest absolute Gasteiger partial charge is 0.240 e. The van der Waals surface area contributed by atoms with Gasteiger partial charge in [-0.15, -0.1) is 0 Å². The maximum absolute atomic E-state index is 11.3. The molecule has 4 nitrogen and oxygen atoms in total. The Morgan fingerprint density at radius 1 is 1.05 bits per heavy atom. The van der Waals surface area contributed by atoms with E-state index in [2.05, 4.69) is 18.2 Å². The minimum atomic E-state index is -3.77. The van der Waals surface area contributed by atoms with Crippen LogP contribution in [0.5, 0.6) is 0 Å². The normalized spacial score (nSPS) is 11.6. The van der Waals surface area contributed by atoms with Gasteiger partial charge in [0.2, 0.25) is 10.0 Å². The van der Waals surface area contributed by atoms with E-state index in [0.29, 0.717) is 0 Å². The summed E-state index contributed by atoms with van der Waals surface area (Å²) < 4.78 is 22.6. The molecule has 0 bridgehead atoms. The van der Waals surface area contributed by atoms with Crippen molar-refractivity contribution >= 4 is 27.5 Å². The number of rotatable bonds is 3. The van der Waals surface area contributed by atoms with Crippen LogP contribution >= 0.6 is 11.8 Å². The summed E-state index contributed by atoms with van der Waals surface area (Å²) in [5, 5.41) is 5.09. The van der Waals surface area contributed by atoms with Crippen LogP contribution in [-0.2, 0) is 10.0 Å². The molecule has 0 aliphatic heterocycles. The Hall–Kier alpha value is -1.50. The number of benzene rings is 2. The summed E-state index contributed by atoms with van der Waals surface area (Å²) in [6.45, 7) is 4.06. The molecular weight excluding hydrogens is 292 g/mol. The van der Waals surface area contributed by atoms with Crippen LogP contribution < -0.4 is 10.9 Å². The fourth-order valence-corrected chi connectivity index (χ4v) is 3.49. The Morgan fingerprint density at radius 2 is 1.75 bits per heavy atom. The third-order valence-electron chi connectivity index (χ3n) is 2.86. The number of primary sulfonamides is 1. The van der Waals surface area contributed by atoms with Crippen LogP contribution in [0.1, 0.15) is 11.1 Å². The van der Waals surface area contributed by atoms with Gasteiger partial charge in [-0.3, -0.25) is 0 Å².